The van der Waals surface area contributed by atoms with Crippen molar-refractivity contribution in [3.63, 3.8) is 0 Å². The van der Waals surface area contributed by atoms with Crippen LogP contribution in [0.2, 0.25) is 0 Å². The Hall–Kier alpha value is -2.02. The van der Waals surface area contributed by atoms with Gasteiger partial charge in [-0.2, -0.15) is 0 Å². The second-order valence-corrected chi connectivity index (χ2v) is 6.62. The molecular weight excluding hydrogens is 329 g/mol. The van der Waals surface area contributed by atoms with E-state index in [1.165, 1.54) is 24.3 Å². The lowest BCUT2D eigenvalue weighted by atomic mass is 9.85. The van der Waals surface area contributed by atoms with E-state index in [2.05, 4.69) is 10.6 Å². The maximum Gasteiger partial charge on any atom is 0.283 e. The molecule has 5 nitrogen and oxygen atoms in total. The normalized spacial score (nSPS) is 20.1. The van der Waals surface area contributed by atoms with Crippen LogP contribution in [-0.2, 0) is 9.59 Å². The van der Waals surface area contributed by atoms with E-state index in [-0.39, 0.29) is 28.7 Å². The summed E-state index contributed by atoms with van der Waals surface area (Å²) in [5, 5.41) is 5.69. The van der Waals surface area contributed by atoms with Gasteiger partial charge in [-0.1, -0.05) is 12.2 Å². The fraction of sp³-hybridized carbons (Fsp3) is 0.471. The molecule has 0 aliphatic heterocycles. The molecule has 0 atom stereocenters. The highest BCUT2D eigenvalue weighted by Gasteiger charge is 2.28. The van der Waals surface area contributed by atoms with Crippen LogP contribution in [0.5, 0.6) is 0 Å². The van der Waals surface area contributed by atoms with Gasteiger partial charge in [-0.3, -0.25) is 9.59 Å². The Kier molecular flexibility index (Phi) is 6.25. The summed E-state index contributed by atoms with van der Waals surface area (Å²) in [4.78, 5) is 25.8. The van der Waals surface area contributed by atoms with Crippen LogP contribution in [0, 0.1) is 11.7 Å². The highest BCUT2D eigenvalue weighted by molar-refractivity contribution is 7.82. The third-order valence-corrected chi connectivity index (χ3v) is 4.46. The number of amides is 2. The van der Waals surface area contributed by atoms with Crippen molar-refractivity contribution in [3.8, 4) is 0 Å². The molecule has 1 aromatic carbocycles. The third kappa shape index (κ3) is 4.99. The lowest BCUT2D eigenvalue weighted by Gasteiger charge is -2.30. The van der Waals surface area contributed by atoms with Gasteiger partial charge in [0.1, 0.15) is 5.82 Å². The third-order valence-electron chi connectivity index (χ3n) is 4.16. The molecule has 1 aromatic rings. The van der Waals surface area contributed by atoms with Crippen molar-refractivity contribution < 1.29 is 14.0 Å². The minimum atomic E-state index is -0.414. The molecule has 0 unspecified atom stereocenters. The number of carbonyl (C=O) groups is 2. The van der Waals surface area contributed by atoms with Crippen LogP contribution in [0.15, 0.2) is 24.3 Å². The molecule has 24 heavy (non-hydrogen) atoms. The van der Waals surface area contributed by atoms with Crippen LogP contribution < -0.4 is 10.6 Å². The second-order valence-electron chi connectivity index (χ2n) is 6.22. The van der Waals surface area contributed by atoms with E-state index < -0.39 is 5.91 Å². The van der Waals surface area contributed by atoms with Crippen LogP contribution in [-0.4, -0.2) is 41.8 Å². The van der Waals surface area contributed by atoms with Gasteiger partial charge in [-0.05, 0) is 49.9 Å². The second kappa shape index (κ2) is 8.19. The number of nitrogens with zero attached hydrogens (tertiary/aromatic N) is 1. The summed E-state index contributed by atoms with van der Waals surface area (Å²) in [6.45, 7) is 0. The van der Waals surface area contributed by atoms with Gasteiger partial charge in [0.2, 0.25) is 5.91 Å². The number of hydrogen-bond donors (Lipinski definition) is 2. The van der Waals surface area contributed by atoms with E-state index in [4.69, 9.17) is 12.2 Å². The van der Waals surface area contributed by atoms with Crippen LogP contribution in [0.25, 0.3) is 0 Å². The zero-order valence-electron chi connectivity index (χ0n) is 13.8. The standard InChI is InChI=1S/C17H22FN3O2S/c1-21(2)17(23)11-3-7-14(8-4-11)20-16(24)15(22)19-13-9-5-12(18)6-10-13/h5-6,9-11,14H,3-4,7-8H2,1-2H3,(H,19,22)(H,20,24). The molecule has 130 valence electrons. The van der Waals surface area contributed by atoms with E-state index in [0.29, 0.717) is 5.69 Å². The van der Waals surface area contributed by atoms with Gasteiger partial charge in [0.15, 0.2) is 4.99 Å². The molecular formula is C17H22FN3O2S. The Morgan fingerprint density at radius 1 is 1.12 bits per heavy atom. The smallest absolute Gasteiger partial charge is 0.283 e. The average molecular weight is 351 g/mol. The minimum absolute atomic E-state index is 0.0552. The van der Waals surface area contributed by atoms with Crippen LogP contribution in [0.1, 0.15) is 25.7 Å². The highest BCUT2D eigenvalue weighted by atomic mass is 32.1. The molecule has 0 aromatic heterocycles. The maximum atomic E-state index is 12.9. The molecule has 7 heteroatoms. The van der Waals surface area contributed by atoms with Gasteiger partial charge in [0.25, 0.3) is 5.91 Å². The fourth-order valence-corrected chi connectivity index (χ4v) is 3.04. The summed E-state index contributed by atoms with van der Waals surface area (Å²) in [7, 11) is 3.53. The lowest BCUT2D eigenvalue weighted by Crippen LogP contribution is -2.43. The van der Waals surface area contributed by atoms with Crippen molar-refractivity contribution in [2.24, 2.45) is 5.92 Å². The molecule has 2 rings (SSSR count). The molecule has 0 spiro atoms. The first-order valence-electron chi connectivity index (χ1n) is 7.95. The summed E-state index contributed by atoms with van der Waals surface area (Å²) in [5.41, 5.74) is 0.492. The predicted molar refractivity (Wildman–Crippen MR) is 95.2 cm³/mol. The van der Waals surface area contributed by atoms with Gasteiger partial charge in [-0.25, -0.2) is 4.39 Å². The van der Waals surface area contributed by atoms with Crippen molar-refractivity contribution in [2.45, 2.75) is 31.7 Å². The van der Waals surface area contributed by atoms with Gasteiger partial charge in [0, 0.05) is 31.7 Å². The van der Waals surface area contributed by atoms with E-state index in [0.717, 1.165) is 25.7 Å². The van der Waals surface area contributed by atoms with Gasteiger partial charge in [-0.15, -0.1) is 0 Å². The molecule has 0 bridgehead atoms. The number of hydrogen-bond acceptors (Lipinski definition) is 3. The maximum absolute atomic E-state index is 12.9. The Morgan fingerprint density at radius 2 is 1.71 bits per heavy atom. The molecule has 0 heterocycles. The zero-order valence-corrected chi connectivity index (χ0v) is 14.7. The molecule has 1 aliphatic carbocycles. The van der Waals surface area contributed by atoms with Gasteiger partial charge in [0.05, 0.1) is 0 Å². The molecule has 2 N–H and O–H groups in total. The van der Waals surface area contributed by atoms with E-state index in [9.17, 15) is 14.0 Å². The number of nitrogens with one attached hydrogen (secondary N) is 2. The van der Waals surface area contributed by atoms with E-state index in [1.807, 2.05) is 0 Å². The van der Waals surface area contributed by atoms with Crippen LogP contribution in [0.4, 0.5) is 10.1 Å². The van der Waals surface area contributed by atoms with Crippen LogP contribution in [0.3, 0.4) is 0 Å². The number of rotatable bonds is 3. The lowest BCUT2D eigenvalue weighted by molar-refractivity contribution is -0.134. The van der Waals surface area contributed by atoms with Gasteiger partial charge < -0.3 is 15.5 Å². The minimum Gasteiger partial charge on any atom is -0.369 e. The quantitative estimate of drug-likeness (QED) is 0.821. The van der Waals surface area contributed by atoms with E-state index in [1.54, 1.807) is 19.0 Å². The van der Waals surface area contributed by atoms with E-state index >= 15 is 0 Å². The first kappa shape index (κ1) is 18.3. The molecule has 2 amide bonds. The van der Waals surface area contributed by atoms with Crippen molar-refractivity contribution in [3.05, 3.63) is 30.1 Å². The summed E-state index contributed by atoms with van der Waals surface area (Å²) < 4.78 is 12.9. The average Bonchev–Trinajstić information content (AvgIpc) is 2.56. The molecule has 0 saturated heterocycles. The molecule has 1 saturated carbocycles. The Balaban J connectivity index is 1.79. The predicted octanol–water partition coefficient (Wildman–Crippen LogP) is 2.33. The van der Waals surface area contributed by atoms with Crippen molar-refractivity contribution in [1.82, 2.24) is 10.2 Å². The molecule has 1 fully saturated rings. The zero-order chi connectivity index (χ0) is 17.7. The van der Waals surface area contributed by atoms with Crippen molar-refractivity contribution in [2.75, 3.05) is 19.4 Å². The first-order chi connectivity index (χ1) is 11.4. The largest absolute Gasteiger partial charge is 0.369 e. The van der Waals surface area contributed by atoms with Gasteiger partial charge >= 0.3 is 0 Å². The Labute approximate surface area is 146 Å². The number of benzene rings is 1. The number of anilines is 1. The number of carbonyl (C=O) groups excluding carboxylic acids is 2. The number of halogens is 1. The summed E-state index contributed by atoms with van der Waals surface area (Å²) in [6, 6.07) is 5.61. The molecule has 1 aliphatic rings. The topological polar surface area (TPSA) is 61.4 Å². The summed E-state index contributed by atoms with van der Waals surface area (Å²) in [6.07, 6.45) is 3.18. The van der Waals surface area contributed by atoms with Crippen molar-refractivity contribution >= 4 is 34.7 Å². The van der Waals surface area contributed by atoms with Crippen LogP contribution >= 0.6 is 12.2 Å². The number of thiocarbonyl (C=S) groups is 1. The Morgan fingerprint density at radius 3 is 2.25 bits per heavy atom. The monoisotopic (exact) mass is 351 g/mol. The summed E-state index contributed by atoms with van der Waals surface area (Å²) in [5.74, 6) is -0.564. The molecule has 0 radical (unpaired) electrons. The SMILES string of the molecule is CN(C)C(=O)C1CCC(NC(=S)C(=O)Nc2ccc(F)cc2)CC1. The first-order valence-corrected chi connectivity index (χ1v) is 8.36. The Bertz CT molecular complexity index is 611. The summed E-state index contributed by atoms with van der Waals surface area (Å²) >= 11 is 5.13. The van der Waals surface area contributed by atoms with Crippen molar-refractivity contribution in [1.29, 1.82) is 0 Å². The fourth-order valence-electron chi connectivity index (χ4n) is 2.82. The highest BCUT2D eigenvalue weighted by Crippen LogP contribution is 2.25.